The van der Waals surface area contributed by atoms with Gasteiger partial charge < -0.3 is 10.1 Å². The van der Waals surface area contributed by atoms with Crippen LogP contribution in [-0.4, -0.2) is 24.2 Å². The van der Waals surface area contributed by atoms with E-state index in [-0.39, 0.29) is 11.9 Å². The largest absolute Gasteiger partial charge is 0.496 e. The summed E-state index contributed by atoms with van der Waals surface area (Å²) in [6.45, 7) is 2.24. The molecule has 2 N–H and O–H groups in total. The van der Waals surface area contributed by atoms with E-state index in [1.165, 1.54) is 38.5 Å². The predicted molar refractivity (Wildman–Crippen MR) is 114 cm³/mol. The number of hydrogen-bond donors (Lipinski definition) is 2. The molecule has 1 aromatic carbocycles. The Hall–Kier alpha value is -1.14. The van der Waals surface area contributed by atoms with E-state index in [2.05, 4.69) is 33.5 Å². The average Bonchev–Trinajstić information content (AvgIpc) is 2.60. The minimum Gasteiger partial charge on any atom is -0.496 e. The van der Waals surface area contributed by atoms with E-state index in [0.717, 1.165) is 22.2 Å². The minimum absolute atomic E-state index is 0.247. The maximum Gasteiger partial charge on any atom is 0.261 e. The highest BCUT2D eigenvalue weighted by atomic mass is 79.9. The molecule has 4 fully saturated rings. The van der Waals surface area contributed by atoms with Gasteiger partial charge in [-0.05, 0) is 99.0 Å². The van der Waals surface area contributed by atoms with Gasteiger partial charge in [0.15, 0.2) is 5.11 Å². The maximum absolute atomic E-state index is 12.7. The fourth-order valence-corrected chi connectivity index (χ4v) is 6.75. The molecular formula is C21H27BrN2O2S. The van der Waals surface area contributed by atoms with Crippen molar-refractivity contribution in [3.05, 3.63) is 28.2 Å². The molecule has 0 spiro atoms. The molecule has 0 radical (unpaired) electrons. The Balaban J connectivity index is 1.41. The molecule has 0 aromatic heterocycles. The van der Waals surface area contributed by atoms with Crippen molar-refractivity contribution >= 4 is 39.2 Å². The highest BCUT2D eigenvalue weighted by molar-refractivity contribution is 9.10. The van der Waals surface area contributed by atoms with Crippen molar-refractivity contribution in [1.29, 1.82) is 0 Å². The lowest BCUT2D eigenvalue weighted by atomic mass is 9.48. The first-order valence-electron chi connectivity index (χ1n) is 9.84. The van der Waals surface area contributed by atoms with Crippen LogP contribution in [0.4, 0.5) is 0 Å². The minimum atomic E-state index is -0.247. The van der Waals surface area contributed by atoms with E-state index in [1.54, 1.807) is 19.2 Å². The number of carbonyl (C=O) groups excluding carboxylic acids is 1. The highest BCUT2D eigenvalue weighted by Gasteiger charge is 2.53. The second kappa shape index (κ2) is 7.36. The molecule has 146 valence electrons. The van der Waals surface area contributed by atoms with E-state index < -0.39 is 0 Å². The normalized spacial score (nSPS) is 32.0. The first-order valence-corrected chi connectivity index (χ1v) is 11.0. The zero-order valence-corrected chi connectivity index (χ0v) is 18.3. The van der Waals surface area contributed by atoms with E-state index in [0.29, 0.717) is 21.8 Å². The summed E-state index contributed by atoms with van der Waals surface area (Å²) < 4.78 is 6.13. The SMILES string of the molecule is COc1ccc(Br)cc1C(=O)NC(=S)N[C@H](C)C12CC3CC(CC(C3)C1)C2. The summed E-state index contributed by atoms with van der Waals surface area (Å²) in [6.07, 6.45) is 8.21. The van der Waals surface area contributed by atoms with E-state index in [1.807, 2.05) is 6.07 Å². The lowest BCUT2D eigenvalue weighted by molar-refractivity contribution is -0.0672. The van der Waals surface area contributed by atoms with Crippen molar-refractivity contribution in [1.82, 2.24) is 10.6 Å². The Labute approximate surface area is 174 Å². The van der Waals surface area contributed by atoms with Crippen molar-refractivity contribution in [3.63, 3.8) is 0 Å². The molecular weight excluding hydrogens is 424 g/mol. The van der Waals surface area contributed by atoms with Crippen LogP contribution in [-0.2, 0) is 0 Å². The summed E-state index contributed by atoms with van der Waals surface area (Å²) in [7, 11) is 1.56. The van der Waals surface area contributed by atoms with E-state index in [9.17, 15) is 4.79 Å². The Morgan fingerprint density at radius 1 is 1.22 bits per heavy atom. The molecule has 4 saturated carbocycles. The van der Waals surface area contributed by atoms with Gasteiger partial charge in [0.25, 0.3) is 5.91 Å². The molecule has 1 aromatic rings. The molecule has 27 heavy (non-hydrogen) atoms. The van der Waals surface area contributed by atoms with Gasteiger partial charge in [0.05, 0.1) is 12.7 Å². The number of ether oxygens (including phenoxy) is 1. The zero-order valence-electron chi connectivity index (χ0n) is 15.9. The number of hydrogen-bond acceptors (Lipinski definition) is 3. The van der Waals surface area contributed by atoms with Crippen LogP contribution in [0.15, 0.2) is 22.7 Å². The lowest BCUT2D eigenvalue weighted by Crippen LogP contribution is -2.57. The molecule has 5 rings (SSSR count). The van der Waals surface area contributed by atoms with Crippen LogP contribution in [0.25, 0.3) is 0 Å². The molecule has 0 aliphatic heterocycles. The molecule has 4 bridgehead atoms. The summed E-state index contributed by atoms with van der Waals surface area (Å²) in [6, 6.07) is 5.65. The second-order valence-electron chi connectivity index (χ2n) is 8.77. The van der Waals surface area contributed by atoms with Crippen LogP contribution in [0.3, 0.4) is 0 Å². The van der Waals surface area contributed by atoms with Crippen molar-refractivity contribution in [2.24, 2.45) is 23.2 Å². The van der Waals surface area contributed by atoms with Crippen molar-refractivity contribution in [2.75, 3.05) is 7.11 Å². The van der Waals surface area contributed by atoms with Gasteiger partial charge in [0, 0.05) is 10.5 Å². The van der Waals surface area contributed by atoms with Gasteiger partial charge in [-0.1, -0.05) is 15.9 Å². The molecule has 0 heterocycles. The molecule has 1 amide bonds. The smallest absolute Gasteiger partial charge is 0.261 e. The highest BCUT2D eigenvalue weighted by Crippen LogP contribution is 2.61. The van der Waals surface area contributed by atoms with Crippen molar-refractivity contribution < 1.29 is 9.53 Å². The van der Waals surface area contributed by atoms with Gasteiger partial charge >= 0.3 is 0 Å². The number of benzene rings is 1. The Morgan fingerprint density at radius 3 is 2.37 bits per heavy atom. The number of methoxy groups -OCH3 is 1. The third kappa shape index (κ3) is 3.75. The van der Waals surface area contributed by atoms with Gasteiger partial charge in [-0.3, -0.25) is 10.1 Å². The van der Waals surface area contributed by atoms with Gasteiger partial charge in [-0.15, -0.1) is 0 Å². The average molecular weight is 451 g/mol. The molecule has 4 aliphatic carbocycles. The number of nitrogens with one attached hydrogen (secondary N) is 2. The molecule has 1 atom stereocenters. The topological polar surface area (TPSA) is 50.4 Å². The van der Waals surface area contributed by atoms with Crippen molar-refractivity contribution in [3.8, 4) is 5.75 Å². The number of thiocarbonyl (C=S) groups is 1. The lowest BCUT2D eigenvalue weighted by Gasteiger charge is -2.59. The fraction of sp³-hybridized carbons (Fsp3) is 0.619. The van der Waals surface area contributed by atoms with Crippen LogP contribution in [0, 0.1) is 23.2 Å². The number of carbonyl (C=O) groups is 1. The summed E-state index contributed by atoms with van der Waals surface area (Å²) in [5.74, 6) is 2.98. The first-order chi connectivity index (χ1) is 12.9. The maximum atomic E-state index is 12.7. The van der Waals surface area contributed by atoms with Crippen molar-refractivity contribution in [2.45, 2.75) is 51.5 Å². The summed E-state index contributed by atoms with van der Waals surface area (Å²) in [5.41, 5.74) is 0.815. The van der Waals surface area contributed by atoms with Crippen LogP contribution < -0.4 is 15.4 Å². The Morgan fingerprint density at radius 2 is 1.81 bits per heavy atom. The second-order valence-corrected chi connectivity index (χ2v) is 10.1. The molecule has 0 saturated heterocycles. The van der Waals surface area contributed by atoms with Crippen LogP contribution in [0.5, 0.6) is 5.75 Å². The number of rotatable bonds is 4. The molecule has 4 nitrogen and oxygen atoms in total. The van der Waals surface area contributed by atoms with Crippen LogP contribution >= 0.6 is 28.1 Å². The Bertz CT molecular complexity index is 731. The van der Waals surface area contributed by atoms with Gasteiger partial charge in [-0.25, -0.2) is 0 Å². The summed E-state index contributed by atoms with van der Waals surface area (Å²) in [5, 5.41) is 6.69. The molecule has 0 unspecified atom stereocenters. The van der Waals surface area contributed by atoms with Gasteiger partial charge in [0.2, 0.25) is 0 Å². The predicted octanol–water partition coefficient (Wildman–Crippen LogP) is 4.67. The van der Waals surface area contributed by atoms with Crippen LogP contribution in [0.1, 0.15) is 55.8 Å². The standard InChI is InChI=1S/C21H27BrN2O2S/c1-12(21-9-13-5-14(10-21)7-15(6-13)11-21)23-20(27)24-19(25)17-8-16(22)3-4-18(17)26-2/h3-4,8,12-15H,5-7,9-11H2,1-2H3,(H2,23,24,25,27)/t12-,13?,14?,15?,21?/m1/s1. The summed E-state index contributed by atoms with van der Waals surface area (Å²) in [4.78, 5) is 12.7. The first kappa shape index (κ1) is 19.2. The zero-order chi connectivity index (χ0) is 19.2. The number of halogens is 1. The third-order valence-corrected chi connectivity index (χ3v) is 7.70. The van der Waals surface area contributed by atoms with Gasteiger partial charge in [-0.2, -0.15) is 0 Å². The fourth-order valence-electron chi connectivity index (χ4n) is 6.12. The monoisotopic (exact) mass is 450 g/mol. The Kier molecular flexibility index (Phi) is 5.23. The third-order valence-electron chi connectivity index (χ3n) is 6.98. The quantitative estimate of drug-likeness (QED) is 0.654. The van der Waals surface area contributed by atoms with E-state index in [4.69, 9.17) is 17.0 Å². The molecule has 6 heteroatoms. The number of amides is 1. The van der Waals surface area contributed by atoms with Gasteiger partial charge in [0.1, 0.15) is 5.75 Å². The summed E-state index contributed by atoms with van der Waals surface area (Å²) >= 11 is 8.88. The van der Waals surface area contributed by atoms with Crippen LogP contribution in [0.2, 0.25) is 0 Å². The van der Waals surface area contributed by atoms with E-state index >= 15 is 0 Å². The molecule has 4 aliphatic rings.